The molecular weight excluding hydrogens is 343 g/mol. The molecule has 2 rings (SSSR count). The van der Waals surface area contributed by atoms with Crippen molar-refractivity contribution in [1.29, 1.82) is 0 Å². The van der Waals surface area contributed by atoms with Crippen molar-refractivity contribution in [2.24, 2.45) is 4.99 Å². The summed E-state index contributed by atoms with van der Waals surface area (Å²) in [5.74, 6) is 0.660. The maximum Gasteiger partial charge on any atom is 0.191 e. The zero-order valence-corrected chi connectivity index (χ0v) is 17.1. The summed E-state index contributed by atoms with van der Waals surface area (Å²) in [7, 11) is 3.23. The van der Waals surface area contributed by atoms with Gasteiger partial charge in [0.15, 0.2) is 17.5 Å². The number of rotatable bonds is 9. The number of piperidine rings is 1. The van der Waals surface area contributed by atoms with Crippen LogP contribution in [0.25, 0.3) is 0 Å². The second-order valence-electron chi connectivity index (χ2n) is 7.22. The molecule has 1 heterocycles. The summed E-state index contributed by atoms with van der Waals surface area (Å²) < 4.78 is 18.9. The molecule has 27 heavy (non-hydrogen) atoms. The lowest BCUT2D eigenvalue weighted by Gasteiger charge is -2.26. The standard InChI is InChI=1S/C21H35FN4O/c1-17(18-10-11-20(27-3)19(22)16-18)25-21(23-2)24-12-6-4-7-13-26-14-8-5-9-15-26/h10-11,16-17H,4-9,12-15H2,1-3H3,(H2,23,24,25). The Morgan fingerprint density at radius 2 is 2.00 bits per heavy atom. The first-order chi connectivity index (χ1) is 13.1. The first-order valence-electron chi connectivity index (χ1n) is 10.2. The van der Waals surface area contributed by atoms with Crippen LogP contribution in [0.3, 0.4) is 0 Å². The lowest BCUT2D eigenvalue weighted by atomic mass is 10.1. The maximum atomic E-state index is 13.9. The molecule has 2 N–H and O–H groups in total. The van der Waals surface area contributed by atoms with E-state index in [2.05, 4.69) is 20.5 Å². The molecule has 1 aliphatic heterocycles. The molecule has 0 aliphatic carbocycles. The number of guanidine groups is 1. The highest BCUT2D eigenvalue weighted by Gasteiger charge is 2.11. The molecule has 1 saturated heterocycles. The van der Waals surface area contributed by atoms with E-state index in [0.717, 1.165) is 24.5 Å². The quantitative estimate of drug-likeness (QED) is 0.391. The Labute approximate surface area is 163 Å². The lowest BCUT2D eigenvalue weighted by molar-refractivity contribution is 0.224. The van der Waals surface area contributed by atoms with Gasteiger partial charge in [-0.25, -0.2) is 4.39 Å². The van der Waals surface area contributed by atoms with E-state index in [1.54, 1.807) is 13.1 Å². The molecule has 0 amide bonds. The largest absolute Gasteiger partial charge is 0.494 e. The van der Waals surface area contributed by atoms with Crippen LogP contribution in [0.5, 0.6) is 5.75 Å². The molecule has 1 aromatic carbocycles. The van der Waals surface area contributed by atoms with Crippen LogP contribution >= 0.6 is 0 Å². The zero-order chi connectivity index (χ0) is 19.5. The number of hydrogen-bond donors (Lipinski definition) is 2. The molecule has 0 bridgehead atoms. The lowest BCUT2D eigenvalue weighted by Crippen LogP contribution is -2.39. The van der Waals surface area contributed by atoms with E-state index >= 15 is 0 Å². The predicted molar refractivity (Wildman–Crippen MR) is 110 cm³/mol. The monoisotopic (exact) mass is 378 g/mol. The number of likely N-dealkylation sites (tertiary alicyclic amines) is 1. The summed E-state index contributed by atoms with van der Waals surface area (Å²) in [6.45, 7) is 6.67. The molecule has 0 aromatic heterocycles. The van der Waals surface area contributed by atoms with E-state index in [9.17, 15) is 4.39 Å². The van der Waals surface area contributed by atoms with E-state index in [1.807, 2.05) is 13.0 Å². The van der Waals surface area contributed by atoms with E-state index in [1.165, 1.54) is 64.9 Å². The van der Waals surface area contributed by atoms with Crippen LogP contribution in [0.2, 0.25) is 0 Å². The topological polar surface area (TPSA) is 48.9 Å². The summed E-state index contributed by atoms with van der Waals surface area (Å²) in [5.41, 5.74) is 0.859. The number of benzene rings is 1. The predicted octanol–water partition coefficient (Wildman–Crippen LogP) is 3.72. The van der Waals surface area contributed by atoms with Crippen molar-refractivity contribution < 1.29 is 9.13 Å². The molecule has 152 valence electrons. The van der Waals surface area contributed by atoms with Gasteiger partial charge in [-0.05, 0) is 69.9 Å². The van der Waals surface area contributed by atoms with E-state index in [4.69, 9.17) is 4.74 Å². The van der Waals surface area contributed by atoms with E-state index in [0.29, 0.717) is 0 Å². The van der Waals surface area contributed by atoms with Crippen molar-refractivity contribution in [3.63, 3.8) is 0 Å². The fraction of sp³-hybridized carbons (Fsp3) is 0.667. The molecule has 1 fully saturated rings. The third kappa shape index (κ3) is 7.37. The first-order valence-corrected chi connectivity index (χ1v) is 10.2. The van der Waals surface area contributed by atoms with Crippen LogP contribution in [0.4, 0.5) is 4.39 Å². The van der Waals surface area contributed by atoms with E-state index in [-0.39, 0.29) is 17.6 Å². The molecule has 1 aliphatic rings. The molecule has 6 heteroatoms. The Morgan fingerprint density at radius 3 is 2.67 bits per heavy atom. The summed E-state index contributed by atoms with van der Waals surface area (Å²) in [6.07, 6.45) is 7.73. The fourth-order valence-electron chi connectivity index (χ4n) is 3.46. The van der Waals surface area contributed by atoms with Crippen LogP contribution in [-0.4, -0.2) is 51.2 Å². The maximum absolute atomic E-state index is 13.9. The van der Waals surface area contributed by atoms with Crippen LogP contribution in [0.15, 0.2) is 23.2 Å². The van der Waals surface area contributed by atoms with Gasteiger partial charge in [0.2, 0.25) is 0 Å². The first kappa shape index (κ1) is 21.5. The molecule has 1 unspecified atom stereocenters. The highest BCUT2D eigenvalue weighted by Crippen LogP contribution is 2.21. The summed E-state index contributed by atoms with van der Waals surface area (Å²) in [5, 5.41) is 6.67. The molecule has 1 atom stereocenters. The van der Waals surface area contributed by atoms with Gasteiger partial charge in [0.25, 0.3) is 0 Å². The SMILES string of the molecule is CN=C(NCCCCCN1CCCCC1)NC(C)c1ccc(OC)c(F)c1. The summed E-state index contributed by atoms with van der Waals surface area (Å²) in [4.78, 5) is 6.86. The summed E-state index contributed by atoms with van der Waals surface area (Å²) in [6, 6.07) is 4.98. The van der Waals surface area contributed by atoms with Gasteiger partial charge in [0.1, 0.15) is 0 Å². The molecule has 0 saturated carbocycles. The number of unbranched alkanes of at least 4 members (excludes halogenated alkanes) is 2. The van der Waals surface area contributed by atoms with Crippen molar-refractivity contribution in [3.05, 3.63) is 29.6 Å². The third-order valence-electron chi connectivity index (χ3n) is 5.14. The second kappa shape index (κ2) is 11.8. The molecule has 1 aromatic rings. The number of hydrogen-bond acceptors (Lipinski definition) is 3. The van der Waals surface area contributed by atoms with E-state index < -0.39 is 0 Å². The highest BCUT2D eigenvalue weighted by atomic mass is 19.1. The second-order valence-corrected chi connectivity index (χ2v) is 7.22. The number of halogens is 1. The van der Waals surface area contributed by atoms with Crippen molar-refractivity contribution in [3.8, 4) is 5.75 Å². The van der Waals surface area contributed by atoms with Gasteiger partial charge in [-0.2, -0.15) is 0 Å². The Kier molecular flexibility index (Phi) is 9.39. The number of aliphatic imine (C=N–C) groups is 1. The van der Waals surface area contributed by atoms with Gasteiger partial charge in [-0.15, -0.1) is 0 Å². The fourth-order valence-corrected chi connectivity index (χ4v) is 3.46. The molecule has 0 spiro atoms. The van der Waals surface area contributed by atoms with Gasteiger partial charge in [0, 0.05) is 13.6 Å². The number of methoxy groups -OCH3 is 1. The van der Waals surface area contributed by atoms with Crippen molar-refractivity contribution >= 4 is 5.96 Å². The Hall–Kier alpha value is -1.82. The molecule has 0 radical (unpaired) electrons. The van der Waals surface area contributed by atoms with Crippen molar-refractivity contribution in [1.82, 2.24) is 15.5 Å². The van der Waals surface area contributed by atoms with Gasteiger partial charge in [-0.1, -0.05) is 18.9 Å². The Balaban J connectivity index is 1.65. The Bertz CT molecular complexity index is 588. The molecule has 5 nitrogen and oxygen atoms in total. The number of ether oxygens (including phenoxy) is 1. The highest BCUT2D eigenvalue weighted by molar-refractivity contribution is 5.80. The average molecular weight is 379 g/mol. The third-order valence-corrected chi connectivity index (χ3v) is 5.14. The summed E-state index contributed by atoms with van der Waals surface area (Å²) >= 11 is 0. The van der Waals surface area contributed by atoms with Crippen molar-refractivity contribution in [2.45, 2.75) is 51.5 Å². The van der Waals surface area contributed by atoms with Gasteiger partial charge >= 0.3 is 0 Å². The van der Waals surface area contributed by atoms with Gasteiger partial charge in [-0.3, -0.25) is 4.99 Å². The number of nitrogens with one attached hydrogen (secondary N) is 2. The minimum absolute atomic E-state index is 0.0456. The normalized spacial score (nSPS) is 16.8. The van der Waals surface area contributed by atoms with Crippen molar-refractivity contribution in [2.75, 3.05) is 40.3 Å². The minimum atomic E-state index is -0.347. The molecular formula is C21H35FN4O. The number of nitrogens with zero attached hydrogens (tertiary/aromatic N) is 2. The Morgan fingerprint density at radius 1 is 1.22 bits per heavy atom. The zero-order valence-electron chi connectivity index (χ0n) is 17.1. The average Bonchev–Trinajstić information content (AvgIpc) is 2.70. The van der Waals surface area contributed by atoms with Crippen LogP contribution in [-0.2, 0) is 0 Å². The van der Waals surface area contributed by atoms with Crippen LogP contribution in [0.1, 0.15) is 57.1 Å². The minimum Gasteiger partial charge on any atom is -0.494 e. The van der Waals surface area contributed by atoms with Gasteiger partial charge in [0.05, 0.1) is 13.2 Å². The smallest absolute Gasteiger partial charge is 0.191 e. The van der Waals surface area contributed by atoms with Crippen LogP contribution in [0, 0.1) is 5.82 Å². The van der Waals surface area contributed by atoms with Crippen LogP contribution < -0.4 is 15.4 Å². The van der Waals surface area contributed by atoms with Gasteiger partial charge < -0.3 is 20.3 Å².